The third-order valence-corrected chi connectivity index (χ3v) is 3.71. The first kappa shape index (κ1) is 13.8. The summed E-state index contributed by atoms with van der Waals surface area (Å²) in [6.07, 6.45) is 0.603. The fraction of sp³-hybridized carbons (Fsp3) is 0.500. The van der Waals surface area contributed by atoms with Gasteiger partial charge in [0.2, 0.25) is 10.0 Å². The Morgan fingerprint density at radius 2 is 2.00 bits per heavy atom. The van der Waals surface area contributed by atoms with Crippen molar-refractivity contribution in [1.82, 2.24) is 0 Å². The van der Waals surface area contributed by atoms with Crippen LogP contribution in [0.5, 0.6) is 5.75 Å². The van der Waals surface area contributed by atoms with Gasteiger partial charge in [-0.2, -0.15) is 0 Å². The van der Waals surface area contributed by atoms with Crippen molar-refractivity contribution in [3.8, 4) is 5.75 Å². The van der Waals surface area contributed by atoms with Crippen molar-refractivity contribution in [2.75, 3.05) is 17.1 Å². The third kappa shape index (κ3) is 4.26. The predicted molar refractivity (Wildman–Crippen MR) is 70.0 cm³/mol. The fourth-order valence-corrected chi connectivity index (χ4v) is 2.66. The minimum Gasteiger partial charge on any atom is -0.494 e. The van der Waals surface area contributed by atoms with E-state index < -0.39 is 10.0 Å². The lowest BCUT2D eigenvalue weighted by molar-refractivity contribution is 0.338. The summed E-state index contributed by atoms with van der Waals surface area (Å²) in [7, 11) is -3.22. The number of sulfonamides is 1. The first-order chi connectivity index (χ1) is 7.98. The molecule has 0 saturated heterocycles. The quantitative estimate of drug-likeness (QED) is 0.852. The van der Waals surface area contributed by atoms with Gasteiger partial charge in [-0.15, -0.1) is 0 Å². The zero-order chi connectivity index (χ0) is 12.9. The highest BCUT2D eigenvalue weighted by Crippen LogP contribution is 2.22. The summed E-state index contributed by atoms with van der Waals surface area (Å²) < 4.78 is 31.1. The van der Waals surface area contributed by atoms with E-state index >= 15 is 0 Å². The number of hydrogen-bond donors (Lipinski definition) is 1. The van der Waals surface area contributed by atoms with Gasteiger partial charge in [-0.05, 0) is 44.0 Å². The zero-order valence-electron chi connectivity index (χ0n) is 10.5. The van der Waals surface area contributed by atoms with Gasteiger partial charge in [-0.25, -0.2) is 8.42 Å². The van der Waals surface area contributed by atoms with Crippen molar-refractivity contribution in [3.05, 3.63) is 23.8 Å². The van der Waals surface area contributed by atoms with Gasteiger partial charge >= 0.3 is 0 Å². The van der Waals surface area contributed by atoms with Gasteiger partial charge in [0.1, 0.15) is 5.75 Å². The minimum atomic E-state index is -3.22. The molecule has 0 fully saturated rings. The van der Waals surface area contributed by atoms with E-state index in [0.717, 1.165) is 11.3 Å². The van der Waals surface area contributed by atoms with Gasteiger partial charge in [0.25, 0.3) is 0 Å². The molecule has 0 aliphatic heterocycles. The van der Waals surface area contributed by atoms with Crippen LogP contribution in [-0.2, 0) is 10.0 Å². The molecule has 0 unspecified atom stereocenters. The van der Waals surface area contributed by atoms with E-state index in [0.29, 0.717) is 18.7 Å². The first-order valence-electron chi connectivity index (χ1n) is 5.72. The number of aryl methyl sites for hydroxylation is 1. The van der Waals surface area contributed by atoms with Crippen molar-refractivity contribution in [1.29, 1.82) is 0 Å². The van der Waals surface area contributed by atoms with E-state index in [4.69, 9.17) is 4.74 Å². The van der Waals surface area contributed by atoms with Gasteiger partial charge in [0.05, 0.1) is 12.4 Å². The Balaban J connectivity index is 2.84. The van der Waals surface area contributed by atoms with Gasteiger partial charge < -0.3 is 4.74 Å². The van der Waals surface area contributed by atoms with Crippen molar-refractivity contribution in [3.63, 3.8) is 0 Å². The van der Waals surface area contributed by atoms with Crippen LogP contribution in [0.3, 0.4) is 0 Å². The van der Waals surface area contributed by atoms with Crippen molar-refractivity contribution in [2.24, 2.45) is 0 Å². The maximum absolute atomic E-state index is 11.6. The van der Waals surface area contributed by atoms with Crippen LogP contribution >= 0.6 is 0 Å². The Morgan fingerprint density at radius 1 is 1.29 bits per heavy atom. The van der Waals surface area contributed by atoms with Gasteiger partial charge in [-0.3, -0.25) is 4.72 Å². The highest BCUT2D eigenvalue weighted by molar-refractivity contribution is 7.92. The largest absolute Gasteiger partial charge is 0.494 e. The Kier molecular flexibility index (Phi) is 4.81. The molecule has 0 aliphatic carbocycles. The van der Waals surface area contributed by atoms with E-state index in [2.05, 4.69) is 4.72 Å². The highest BCUT2D eigenvalue weighted by atomic mass is 32.2. The summed E-state index contributed by atoms with van der Waals surface area (Å²) in [5, 5.41) is 0. The number of nitrogens with one attached hydrogen (secondary N) is 1. The molecule has 1 rings (SSSR count). The van der Waals surface area contributed by atoms with Crippen LogP contribution in [0, 0.1) is 6.92 Å². The Hall–Kier alpha value is -1.23. The lowest BCUT2D eigenvalue weighted by Crippen LogP contribution is -2.16. The molecule has 5 heteroatoms. The standard InChI is InChI=1S/C12H19NO3S/c1-4-8-17(14,15)13-11-6-7-12(16-5-2)10(3)9-11/h6-7,9,13H,4-5,8H2,1-3H3. The Morgan fingerprint density at radius 3 is 2.53 bits per heavy atom. The van der Waals surface area contributed by atoms with Gasteiger partial charge in [0, 0.05) is 5.69 Å². The van der Waals surface area contributed by atoms with E-state index in [-0.39, 0.29) is 5.75 Å². The highest BCUT2D eigenvalue weighted by Gasteiger charge is 2.09. The van der Waals surface area contributed by atoms with Crippen LogP contribution in [-0.4, -0.2) is 20.8 Å². The van der Waals surface area contributed by atoms with Crippen LogP contribution in [0.4, 0.5) is 5.69 Å². The van der Waals surface area contributed by atoms with Crippen LogP contribution in [0.15, 0.2) is 18.2 Å². The molecule has 96 valence electrons. The predicted octanol–water partition coefficient (Wildman–Crippen LogP) is 2.55. The fourth-order valence-electron chi connectivity index (χ4n) is 1.53. The zero-order valence-corrected chi connectivity index (χ0v) is 11.3. The molecule has 0 heterocycles. The summed E-state index contributed by atoms with van der Waals surface area (Å²) in [6.45, 7) is 6.24. The number of ether oxygens (including phenoxy) is 1. The molecule has 0 bridgehead atoms. The Labute approximate surface area is 103 Å². The molecular formula is C12H19NO3S. The minimum absolute atomic E-state index is 0.138. The molecule has 1 N–H and O–H groups in total. The van der Waals surface area contributed by atoms with Crippen LogP contribution in [0.2, 0.25) is 0 Å². The average Bonchev–Trinajstić information content (AvgIpc) is 2.21. The summed E-state index contributed by atoms with van der Waals surface area (Å²) in [4.78, 5) is 0. The smallest absolute Gasteiger partial charge is 0.232 e. The van der Waals surface area contributed by atoms with Gasteiger partial charge in [0.15, 0.2) is 0 Å². The van der Waals surface area contributed by atoms with Gasteiger partial charge in [-0.1, -0.05) is 6.92 Å². The monoisotopic (exact) mass is 257 g/mol. The van der Waals surface area contributed by atoms with Crippen molar-refractivity contribution < 1.29 is 13.2 Å². The second-order valence-electron chi connectivity index (χ2n) is 3.83. The van der Waals surface area contributed by atoms with E-state index in [1.807, 2.05) is 20.8 Å². The van der Waals surface area contributed by atoms with Crippen molar-refractivity contribution in [2.45, 2.75) is 27.2 Å². The second kappa shape index (κ2) is 5.91. The average molecular weight is 257 g/mol. The summed E-state index contributed by atoms with van der Waals surface area (Å²) in [5.41, 5.74) is 1.50. The molecule has 0 aromatic heterocycles. The van der Waals surface area contributed by atoms with E-state index in [9.17, 15) is 8.42 Å². The molecule has 1 aromatic carbocycles. The number of anilines is 1. The number of benzene rings is 1. The molecule has 0 saturated carbocycles. The topological polar surface area (TPSA) is 55.4 Å². The molecular weight excluding hydrogens is 238 g/mol. The Bertz CT molecular complexity index is 469. The summed E-state index contributed by atoms with van der Waals surface area (Å²) in [5.74, 6) is 0.921. The van der Waals surface area contributed by atoms with E-state index in [1.54, 1.807) is 18.2 Å². The molecule has 0 amide bonds. The van der Waals surface area contributed by atoms with Crippen LogP contribution in [0.1, 0.15) is 25.8 Å². The lowest BCUT2D eigenvalue weighted by Gasteiger charge is -2.11. The van der Waals surface area contributed by atoms with Crippen molar-refractivity contribution >= 4 is 15.7 Å². The molecule has 0 aliphatic rings. The maximum Gasteiger partial charge on any atom is 0.232 e. The summed E-state index contributed by atoms with van der Waals surface area (Å²) >= 11 is 0. The molecule has 0 atom stereocenters. The molecule has 0 radical (unpaired) electrons. The summed E-state index contributed by atoms with van der Waals surface area (Å²) in [6, 6.07) is 5.27. The number of rotatable bonds is 6. The van der Waals surface area contributed by atoms with E-state index in [1.165, 1.54) is 0 Å². The van der Waals surface area contributed by atoms with Crippen LogP contribution in [0.25, 0.3) is 0 Å². The normalized spacial score (nSPS) is 11.2. The second-order valence-corrected chi connectivity index (χ2v) is 5.68. The molecule has 1 aromatic rings. The molecule has 17 heavy (non-hydrogen) atoms. The number of hydrogen-bond acceptors (Lipinski definition) is 3. The molecule has 4 nitrogen and oxygen atoms in total. The molecule has 0 spiro atoms. The first-order valence-corrected chi connectivity index (χ1v) is 7.37. The SMILES string of the molecule is CCCS(=O)(=O)Nc1ccc(OCC)c(C)c1. The maximum atomic E-state index is 11.6. The van der Waals surface area contributed by atoms with Crippen LogP contribution < -0.4 is 9.46 Å². The third-order valence-electron chi connectivity index (χ3n) is 2.22. The lowest BCUT2D eigenvalue weighted by atomic mass is 10.2.